The van der Waals surface area contributed by atoms with Crippen molar-refractivity contribution in [3.05, 3.63) is 48.2 Å². The molecule has 0 N–H and O–H groups in total. The standard InChI is InChI=1S/C19H19N3OS/c23-19(22-12-5-1-2-6-13-22)14-8-7-11-20-17(14)18-21-15-9-3-4-10-16(15)24-18/h3-4,7-11H,1-2,5-6,12-13H2. The molecule has 1 fully saturated rings. The lowest BCUT2D eigenvalue weighted by Gasteiger charge is -2.21. The zero-order valence-electron chi connectivity index (χ0n) is 13.4. The monoisotopic (exact) mass is 337 g/mol. The van der Waals surface area contributed by atoms with Gasteiger partial charge in [-0.3, -0.25) is 9.78 Å². The first-order valence-electron chi connectivity index (χ1n) is 8.43. The second kappa shape index (κ2) is 6.69. The van der Waals surface area contributed by atoms with Crippen LogP contribution in [0.5, 0.6) is 0 Å². The van der Waals surface area contributed by atoms with E-state index in [2.05, 4.69) is 16.0 Å². The first-order chi connectivity index (χ1) is 11.8. The molecule has 1 amide bonds. The van der Waals surface area contributed by atoms with Crippen LogP contribution in [0, 0.1) is 0 Å². The van der Waals surface area contributed by atoms with E-state index in [1.54, 1.807) is 17.5 Å². The maximum Gasteiger partial charge on any atom is 0.256 e. The fourth-order valence-corrected chi connectivity index (χ4v) is 4.14. The Labute approximate surface area is 145 Å². The Bertz CT molecular complexity index is 833. The number of nitrogens with zero attached hydrogens (tertiary/aromatic N) is 3. The Balaban J connectivity index is 1.73. The first kappa shape index (κ1) is 15.3. The predicted octanol–water partition coefficient (Wildman–Crippen LogP) is 4.37. The Morgan fingerprint density at radius 3 is 2.58 bits per heavy atom. The molecule has 1 aromatic carbocycles. The van der Waals surface area contributed by atoms with Crippen molar-refractivity contribution in [1.82, 2.24) is 14.9 Å². The average Bonchev–Trinajstić information content (AvgIpc) is 2.87. The van der Waals surface area contributed by atoms with Gasteiger partial charge in [0.2, 0.25) is 0 Å². The molecule has 0 spiro atoms. The van der Waals surface area contributed by atoms with Crippen LogP contribution in [0.3, 0.4) is 0 Å². The summed E-state index contributed by atoms with van der Waals surface area (Å²) in [6.07, 6.45) is 6.33. The van der Waals surface area contributed by atoms with Gasteiger partial charge in [0.25, 0.3) is 5.91 Å². The number of aromatic nitrogens is 2. The number of benzene rings is 1. The Hall–Kier alpha value is -2.27. The number of amides is 1. The highest BCUT2D eigenvalue weighted by Gasteiger charge is 2.22. The van der Waals surface area contributed by atoms with Crippen LogP contribution in [0.2, 0.25) is 0 Å². The lowest BCUT2D eigenvalue weighted by atomic mass is 10.1. The van der Waals surface area contributed by atoms with Gasteiger partial charge in [0.05, 0.1) is 15.8 Å². The maximum atomic E-state index is 13.0. The van der Waals surface area contributed by atoms with E-state index in [-0.39, 0.29) is 5.91 Å². The molecule has 2 aromatic heterocycles. The van der Waals surface area contributed by atoms with E-state index in [1.807, 2.05) is 35.2 Å². The second-order valence-corrected chi connectivity index (χ2v) is 7.12. The van der Waals surface area contributed by atoms with Crippen LogP contribution in [0.1, 0.15) is 36.0 Å². The van der Waals surface area contributed by atoms with Crippen LogP contribution in [0.15, 0.2) is 42.6 Å². The summed E-state index contributed by atoms with van der Waals surface area (Å²) >= 11 is 1.59. The van der Waals surface area contributed by atoms with Gasteiger partial charge in [0.1, 0.15) is 10.7 Å². The van der Waals surface area contributed by atoms with Crippen molar-refractivity contribution in [2.24, 2.45) is 0 Å². The van der Waals surface area contributed by atoms with Gasteiger partial charge in [-0.2, -0.15) is 0 Å². The zero-order chi connectivity index (χ0) is 16.4. The lowest BCUT2D eigenvalue weighted by molar-refractivity contribution is 0.0762. The highest BCUT2D eigenvalue weighted by molar-refractivity contribution is 7.21. The van der Waals surface area contributed by atoms with Crippen LogP contribution >= 0.6 is 11.3 Å². The summed E-state index contributed by atoms with van der Waals surface area (Å²) < 4.78 is 1.12. The minimum Gasteiger partial charge on any atom is -0.339 e. The number of pyridine rings is 1. The number of rotatable bonds is 2. The third kappa shape index (κ3) is 2.91. The molecular formula is C19H19N3OS. The van der Waals surface area contributed by atoms with Gasteiger partial charge in [-0.05, 0) is 37.1 Å². The molecule has 0 saturated carbocycles. The molecule has 0 bridgehead atoms. The third-order valence-corrected chi connectivity index (χ3v) is 5.47. The molecule has 3 heterocycles. The number of hydrogen-bond acceptors (Lipinski definition) is 4. The van der Waals surface area contributed by atoms with Gasteiger partial charge in [-0.1, -0.05) is 25.0 Å². The van der Waals surface area contributed by atoms with Crippen molar-refractivity contribution in [2.45, 2.75) is 25.7 Å². The average molecular weight is 337 g/mol. The molecule has 122 valence electrons. The van der Waals surface area contributed by atoms with E-state index < -0.39 is 0 Å². The van der Waals surface area contributed by atoms with Crippen molar-refractivity contribution < 1.29 is 4.79 Å². The van der Waals surface area contributed by atoms with Gasteiger partial charge in [-0.15, -0.1) is 11.3 Å². The highest BCUT2D eigenvalue weighted by Crippen LogP contribution is 2.31. The van der Waals surface area contributed by atoms with Gasteiger partial charge >= 0.3 is 0 Å². The summed E-state index contributed by atoms with van der Waals surface area (Å²) in [5.41, 5.74) is 2.32. The fourth-order valence-electron chi connectivity index (χ4n) is 3.17. The highest BCUT2D eigenvalue weighted by atomic mass is 32.1. The first-order valence-corrected chi connectivity index (χ1v) is 9.25. The molecular weight excluding hydrogens is 318 g/mol. The molecule has 3 aromatic rings. The largest absolute Gasteiger partial charge is 0.339 e. The molecule has 4 rings (SSSR count). The van der Waals surface area contributed by atoms with Gasteiger partial charge in [-0.25, -0.2) is 4.98 Å². The van der Waals surface area contributed by atoms with E-state index in [0.29, 0.717) is 11.3 Å². The molecule has 0 radical (unpaired) electrons. The van der Waals surface area contributed by atoms with Crippen molar-refractivity contribution >= 4 is 27.5 Å². The number of thiazole rings is 1. The normalized spacial score (nSPS) is 15.4. The molecule has 1 aliphatic heterocycles. The van der Waals surface area contributed by atoms with Crippen molar-refractivity contribution in [3.63, 3.8) is 0 Å². The van der Waals surface area contributed by atoms with Crippen LogP contribution in [-0.2, 0) is 0 Å². The molecule has 0 aliphatic carbocycles. The minimum atomic E-state index is 0.0826. The van der Waals surface area contributed by atoms with Crippen LogP contribution in [-0.4, -0.2) is 33.9 Å². The smallest absolute Gasteiger partial charge is 0.256 e. The van der Waals surface area contributed by atoms with Crippen LogP contribution in [0.4, 0.5) is 0 Å². The molecule has 0 atom stereocenters. The van der Waals surface area contributed by atoms with Crippen LogP contribution in [0.25, 0.3) is 20.9 Å². The van der Waals surface area contributed by atoms with E-state index in [0.717, 1.165) is 41.2 Å². The quantitative estimate of drug-likeness (QED) is 0.697. The fraction of sp³-hybridized carbons (Fsp3) is 0.316. The number of likely N-dealkylation sites (tertiary alicyclic amines) is 1. The van der Waals surface area contributed by atoms with Crippen molar-refractivity contribution in [2.75, 3.05) is 13.1 Å². The Kier molecular flexibility index (Phi) is 4.26. The van der Waals surface area contributed by atoms with Gasteiger partial charge in [0.15, 0.2) is 0 Å². The topological polar surface area (TPSA) is 46.1 Å². The summed E-state index contributed by atoms with van der Waals surface area (Å²) in [4.78, 5) is 24.2. The Morgan fingerprint density at radius 1 is 1.00 bits per heavy atom. The number of fused-ring (bicyclic) bond motifs is 1. The summed E-state index contributed by atoms with van der Waals surface area (Å²) in [7, 11) is 0. The summed E-state index contributed by atoms with van der Waals surface area (Å²) in [5.74, 6) is 0.0826. The van der Waals surface area contributed by atoms with E-state index in [1.165, 1.54) is 12.8 Å². The number of carbonyl (C=O) groups is 1. The SMILES string of the molecule is O=C(c1cccnc1-c1nc2ccccc2s1)N1CCCCCC1. The molecule has 4 nitrogen and oxygen atoms in total. The molecule has 5 heteroatoms. The molecule has 24 heavy (non-hydrogen) atoms. The van der Waals surface area contributed by atoms with Gasteiger partial charge < -0.3 is 4.90 Å². The summed E-state index contributed by atoms with van der Waals surface area (Å²) in [6, 6.07) is 11.7. The number of para-hydroxylation sites is 1. The zero-order valence-corrected chi connectivity index (χ0v) is 14.3. The molecule has 1 saturated heterocycles. The van der Waals surface area contributed by atoms with E-state index in [9.17, 15) is 4.79 Å². The number of carbonyl (C=O) groups excluding carboxylic acids is 1. The lowest BCUT2D eigenvalue weighted by Crippen LogP contribution is -2.32. The third-order valence-electron chi connectivity index (χ3n) is 4.43. The van der Waals surface area contributed by atoms with E-state index >= 15 is 0 Å². The maximum absolute atomic E-state index is 13.0. The predicted molar refractivity (Wildman–Crippen MR) is 97.2 cm³/mol. The van der Waals surface area contributed by atoms with E-state index in [4.69, 9.17) is 0 Å². The van der Waals surface area contributed by atoms with Crippen molar-refractivity contribution in [3.8, 4) is 10.7 Å². The molecule has 1 aliphatic rings. The molecule has 0 unspecified atom stereocenters. The van der Waals surface area contributed by atoms with Gasteiger partial charge in [0, 0.05) is 19.3 Å². The summed E-state index contributed by atoms with van der Waals surface area (Å²) in [6.45, 7) is 1.68. The minimum absolute atomic E-state index is 0.0826. The van der Waals surface area contributed by atoms with Crippen molar-refractivity contribution in [1.29, 1.82) is 0 Å². The van der Waals surface area contributed by atoms with Crippen LogP contribution < -0.4 is 0 Å². The summed E-state index contributed by atoms with van der Waals surface area (Å²) in [5, 5.41) is 0.815. The second-order valence-electron chi connectivity index (χ2n) is 6.09. The number of hydrogen-bond donors (Lipinski definition) is 0. The Morgan fingerprint density at radius 2 is 1.79 bits per heavy atom.